The van der Waals surface area contributed by atoms with E-state index in [-0.39, 0.29) is 17.4 Å². The Kier molecular flexibility index (Phi) is 5.29. The van der Waals surface area contributed by atoms with Crippen LogP contribution in [-0.4, -0.2) is 33.1 Å². The summed E-state index contributed by atoms with van der Waals surface area (Å²) in [5.41, 5.74) is 5.81. The lowest BCUT2D eigenvalue weighted by Gasteiger charge is -2.29. The molecule has 0 bridgehead atoms. The minimum atomic E-state index is -2.83. The molecule has 6 heteroatoms. The molecule has 1 saturated heterocycles. The third-order valence-electron chi connectivity index (χ3n) is 3.85. The SMILES string of the molecule is NCC(COc1ccc(Cl)cc1)C1CCS(=O)(=O)CC1. The molecule has 112 valence electrons. The normalized spacial score (nSPS) is 20.5. The molecular formula is C14H20ClNO3S. The highest BCUT2D eigenvalue weighted by atomic mass is 35.5. The van der Waals surface area contributed by atoms with Crippen molar-refractivity contribution in [2.45, 2.75) is 12.8 Å². The van der Waals surface area contributed by atoms with Gasteiger partial charge in [-0.25, -0.2) is 8.42 Å². The maximum Gasteiger partial charge on any atom is 0.150 e. The van der Waals surface area contributed by atoms with Crippen LogP contribution in [0.25, 0.3) is 0 Å². The van der Waals surface area contributed by atoms with Crippen LogP contribution >= 0.6 is 11.6 Å². The summed E-state index contributed by atoms with van der Waals surface area (Å²) in [7, 11) is -2.83. The molecule has 1 aliphatic rings. The topological polar surface area (TPSA) is 69.4 Å². The third kappa shape index (κ3) is 4.36. The molecule has 1 unspecified atom stereocenters. The van der Waals surface area contributed by atoms with Crippen LogP contribution in [0.5, 0.6) is 5.75 Å². The largest absolute Gasteiger partial charge is 0.493 e. The molecule has 4 nitrogen and oxygen atoms in total. The number of ether oxygens (including phenoxy) is 1. The smallest absolute Gasteiger partial charge is 0.150 e. The van der Waals surface area contributed by atoms with Gasteiger partial charge in [-0.15, -0.1) is 0 Å². The molecule has 0 saturated carbocycles. The number of benzene rings is 1. The zero-order valence-corrected chi connectivity index (χ0v) is 12.9. The summed E-state index contributed by atoms with van der Waals surface area (Å²) in [5.74, 6) is 1.83. The molecule has 1 aromatic carbocycles. The van der Waals surface area contributed by atoms with Crippen molar-refractivity contribution < 1.29 is 13.2 Å². The molecule has 0 aromatic heterocycles. The van der Waals surface area contributed by atoms with Gasteiger partial charge in [0.25, 0.3) is 0 Å². The first-order valence-electron chi connectivity index (χ1n) is 6.79. The maximum absolute atomic E-state index is 11.4. The monoisotopic (exact) mass is 317 g/mol. The van der Waals surface area contributed by atoms with Crippen LogP contribution in [0.1, 0.15) is 12.8 Å². The minimum Gasteiger partial charge on any atom is -0.493 e. The molecule has 2 N–H and O–H groups in total. The summed E-state index contributed by atoms with van der Waals surface area (Å²) in [4.78, 5) is 0. The molecule has 0 aliphatic carbocycles. The van der Waals surface area contributed by atoms with E-state index in [4.69, 9.17) is 22.1 Å². The van der Waals surface area contributed by atoms with E-state index in [1.807, 2.05) is 12.1 Å². The Morgan fingerprint density at radius 2 is 1.85 bits per heavy atom. The number of sulfone groups is 1. The fourth-order valence-corrected chi connectivity index (χ4v) is 4.16. The Morgan fingerprint density at radius 1 is 1.25 bits per heavy atom. The summed E-state index contributed by atoms with van der Waals surface area (Å²) in [5, 5.41) is 0.671. The molecule has 1 heterocycles. The van der Waals surface area contributed by atoms with Gasteiger partial charge in [0.15, 0.2) is 0 Å². The lowest BCUT2D eigenvalue weighted by Crippen LogP contribution is -2.35. The van der Waals surface area contributed by atoms with E-state index in [2.05, 4.69) is 0 Å². The predicted molar refractivity (Wildman–Crippen MR) is 80.9 cm³/mol. The van der Waals surface area contributed by atoms with Gasteiger partial charge in [-0.05, 0) is 49.6 Å². The van der Waals surface area contributed by atoms with Crippen molar-refractivity contribution in [2.24, 2.45) is 17.6 Å². The Bertz CT molecular complexity index is 516. The van der Waals surface area contributed by atoms with Gasteiger partial charge in [-0.3, -0.25) is 0 Å². The van der Waals surface area contributed by atoms with E-state index in [9.17, 15) is 8.42 Å². The lowest BCUT2D eigenvalue weighted by molar-refractivity contribution is 0.189. The second-order valence-corrected chi connectivity index (χ2v) is 7.99. The minimum absolute atomic E-state index is 0.196. The summed E-state index contributed by atoms with van der Waals surface area (Å²) in [6.45, 7) is 1.03. The van der Waals surface area contributed by atoms with Crippen LogP contribution in [0.4, 0.5) is 0 Å². The molecule has 1 atom stereocenters. The van der Waals surface area contributed by atoms with Gasteiger partial charge < -0.3 is 10.5 Å². The van der Waals surface area contributed by atoms with Crippen LogP contribution in [-0.2, 0) is 9.84 Å². The number of nitrogens with two attached hydrogens (primary N) is 1. The molecule has 20 heavy (non-hydrogen) atoms. The molecule has 1 aromatic rings. The van der Waals surface area contributed by atoms with Crippen LogP contribution in [0, 0.1) is 11.8 Å². The van der Waals surface area contributed by atoms with E-state index in [1.165, 1.54) is 0 Å². The van der Waals surface area contributed by atoms with Crippen molar-refractivity contribution in [2.75, 3.05) is 24.7 Å². The second-order valence-electron chi connectivity index (χ2n) is 5.25. The molecule has 1 aliphatic heterocycles. The summed E-state index contributed by atoms with van der Waals surface area (Å²) < 4.78 is 28.6. The zero-order valence-electron chi connectivity index (χ0n) is 11.3. The molecular weight excluding hydrogens is 298 g/mol. The van der Waals surface area contributed by atoms with Crippen molar-refractivity contribution in [3.05, 3.63) is 29.3 Å². The van der Waals surface area contributed by atoms with E-state index >= 15 is 0 Å². The molecule has 0 amide bonds. The highest BCUT2D eigenvalue weighted by Gasteiger charge is 2.29. The van der Waals surface area contributed by atoms with Crippen molar-refractivity contribution in [3.63, 3.8) is 0 Å². The first-order valence-corrected chi connectivity index (χ1v) is 8.99. The Labute approximate surface area is 125 Å². The average molecular weight is 318 g/mol. The highest BCUT2D eigenvalue weighted by molar-refractivity contribution is 7.91. The first-order chi connectivity index (χ1) is 9.50. The number of hydrogen-bond acceptors (Lipinski definition) is 4. The van der Waals surface area contributed by atoms with Crippen LogP contribution in [0.3, 0.4) is 0 Å². The van der Waals surface area contributed by atoms with Gasteiger partial charge in [-0.1, -0.05) is 11.6 Å². The van der Waals surface area contributed by atoms with E-state index in [0.717, 1.165) is 5.75 Å². The average Bonchev–Trinajstić information content (AvgIpc) is 2.43. The van der Waals surface area contributed by atoms with Crippen molar-refractivity contribution in [1.29, 1.82) is 0 Å². The van der Waals surface area contributed by atoms with E-state index in [0.29, 0.717) is 36.9 Å². The van der Waals surface area contributed by atoms with Gasteiger partial charge in [0.2, 0.25) is 0 Å². The molecule has 0 spiro atoms. The van der Waals surface area contributed by atoms with Crippen LogP contribution in [0.2, 0.25) is 5.02 Å². The molecule has 2 rings (SSSR count). The quantitative estimate of drug-likeness (QED) is 0.903. The van der Waals surface area contributed by atoms with Gasteiger partial charge in [0.05, 0.1) is 18.1 Å². The number of halogens is 1. The van der Waals surface area contributed by atoms with Gasteiger partial charge >= 0.3 is 0 Å². The fraction of sp³-hybridized carbons (Fsp3) is 0.571. The van der Waals surface area contributed by atoms with Gasteiger partial charge in [0.1, 0.15) is 15.6 Å². The second kappa shape index (κ2) is 6.78. The van der Waals surface area contributed by atoms with Crippen molar-refractivity contribution in [1.82, 2.24) is 0 Å². The number of rotatable bonds is 5. The lowest BCUT2D eigenvalue weighted by atomic mass is 9.88. The Morgan fingerprint density at radius 3 is 2.40 bits per heavy atom. The van der Waals surface area contributed by atoms with E-state index < -0.39 is 9.84 Å². The van der Waals surface area contributed by atoms with Crippen LogP contribution < -0.4 is 10.5 Å². The Hall–Kier alpha value is -0.780. The van der Waals surface area contributed by atoms with Gasteiger partial charge in [0, 0.05) is 10.9 Å². The summed E-state index contributed by atoms with van der Waals surface area (Å²) in [6.07, 6.45) is 1.38. The molecule has 0 radical (unpaired) electrons. The van der Waals surface area contributed by atoms with Crippen molar-refractivity contribution in [3.8, 4) is 5.75 Å². The number of hydrogen-bond donors (Lipinski definition) is 1. The Balaban J connectivity index is 1.88. The zero-order chi connectivity index (χ0) is 14.6. The summed E-state index contributed by atoms with van der Waals surface area (Å²) in [6, 6.07) is 7.20. The highest BCUT2D eigenvalue weighted by Crippen LogP contribution is 2.27. The first kappa shape index (κ1) is 15.6. The van der Waals surface area contributed by atoms with Gasteiger partial charge in [-0.2, -0.15) is 0 Å². The standard InChI is InChI=1S/C14H20ClNO3S/c15-13-1-3-14(4-2-13)19-10-12(9-16)11-5-7-20(17,18)8-6-11/h1-4,11-12H,5-10,16H2. The predicted octanol–water partition coefficient (Wildman–Crippen LogP) is 2.12. The van der Waals surface area contributed by atoms with Crippen LogP contribution in [0.15, 0.2) is 24.3 Å². The molecule has 1 fully saturated rings. The van der Waals surface area contributed by atoms with Crippen molar-refractivity contribution >= 4 is 21.4 Å². The van der Waals surface area contributed by atoms with E-state index in [1.54, 1.807) is 12.1 Å². The maximum atomic E-state index is 11.4. The fourth-order valence-electron chi connectivity index (χ4n) is 2.51. The summed E-state index contributed by atoms with van der Waals surface area (Å²) >= 11 is 5.82. The third-order valence-corrected chi connectivity index (χ3v) is 5.81.